The first-order valence-corrected chi connectivity index (χ1v) is 8.55. The molecule has 1 aliphatic rings. The summed E-state index contributed by atoms with van der Waals surface area (Å²) >= 11 is 0. The fraction of sp³-hybridized carbons (Fsp3) is 0.500. The molecule has 1 N–H and O–H groups in total. The number of amides is 1. The Balaban J connectivity index is 1.55. The van der Waals surface area contributed by atoms with Crippen LogP contribution in [0.1, 0.15) is 32.0 Å². The summed E-state index contributed by atoms with van der Waals surface area (Å²) in [6.45, 7) is 3.37. The van der Waals surface area contributed by atoms with Gasteiger partial charge in [-0.05, 0) is 31.9 Å². The number of aromatic amines is 1. The molecule has 6 nitrogen and oxygen atoms in total. The number of nitrogens with one attached hydrogen (secondary N) is 1. The van der Waals surface area contributed by atoms with Crippen molar-refractivity contribution in [3.05, 3.63) is 30.1 Å². The summed E-state index contributed by atoms with van der Waals surface area (Å²) in [5.74, 6) is 0.522. The molecule has 1 atom stereocenters. The van der Waals surface area contributed by atoms with Gasteiger partial charge in [-0.1, -0.05) is 12.1 Å². The Hall–Kier alpha value is -2.37. The quantitative estimate of drug-likeness (QED) is 0.854. The molecule has 0 spiro atoms. The molecule has 0 aliphatic carbocycles. The first kappa shape index (κ1) is 16.5. The topological polar surface area (TPSA) is 75.3 Å². The van der Waals surface area contributed by atoms with Gasteiger partial charge in [0.25, 0.3) is 0 Å². The number of piperidine rings is 1. The second-order valence-electron chi connectivity index (χ2n) is 6.13. The normalized spacial score (nSPS) is 17.9. The third-order valence-electron chi connectivity index (χ3n) is 4.41. The summed E-state index contributed by atoms with van der Waals surface area (Å²) in [5.41, 5.74) is 1.90. The highest BCUT2D eigenvalue weighted by molar-refractivity contribution is 5.79. The first-order valence-electron chi connectivity index (χ1n) is 8.55. The predicted molar refractivity (Wildman–Crippen MR) is 90.4 cm³/mol. The van der Waals surface area contributed by atoms with E-state index in [1.165, 1.54) is 0 Å². The van der Waals surface area contributed by atoms with Crippen LogP contribution >= 0.6 is 0 Å². The Morgan fingerprint density at radius 2 is 2.21 bits per heavy atom. The van der Waals surface area contributed by atoms with Crippen LogP contribution in [0.3, 0.4) is 0 Å². The van der Waals surface area contributed by atoms with Gasteiger partial charge in [-0.15, -0.1) is 0 Å². The minimum atomic E-state index is -0.188. The number of para-hydroxylation sites is 2. The lowest BCUT2D eigenvalue weighted by atomic mass is 9.98. The molecule has 0 bridgehead atoms. The minimum absolute atomic E-state index is 0.0736. The Labute approximate surface area is 141 Å². The molecule has 0 radical (unpaired) electrons. The second-order valence-corrected chi connectivity index (χ2v) is 6.13. The predicted octanol–water partition coefficient (Wildman–Crippen LogP) is 2.30. The minimum Gasteiger partial charge on any atom is -0.466 e. The van der Waals surface area contributed by atoms with E-state index in [4.69, 9.17) is 4.74 Å². The zero-order valence-corrected chi connectivity index (χ0v) is 14.0. The molecule has 2 heterocycles. The van der Waals surface area contributed by atoms with E-state index in [1.807, 2.05) is 24.3 Å². The molecule has 0 saturated carbocycles. The zero-order chi connectivity index (χ0) is 16.9. The lowest BCUT2D eigenvalue weighted by Gasteiger charge is -2.31. The van der Waals surface area contributed by atoms with Gasteiger partial charge >= 0.3 is 5.97 Å². The standard InChI is InChI=1S/C18H23N3O3/c1-2-24-18(23)13-6-5-11-21(12-13)17(22)10-9-16-19-14-7-3-4-8-15(14)20-16/h3-4,7-8,13H,2,5-6,9-12H2,1H3,(H,19,20)/t13-/m0/s1. The van der Waals surface area contributed by atoms with E-state index < -0.39 is 0 Å². The molecule has 1 aromatic carbocycles. The van der Waals surface area contributed by atoms with Gasteiger partial charge in [-0.3, -0.25) is 9.59 Å². The lowest BCUT2D eigenvalue weighted by molar-refractivity contribution is -0.151. The summed E-state index contributed by atoms with van der Waals surface area (Å²) in [4.78, 5) is 33.8. The van der Waals surface area contributed by atoms with E-state index in [9.17, 15) is 9.59 Å². The summed E-state index contributed by atoms with van der Waals surface area (Å²) in [5, 5.41) is 0. The molecular formula is C18H23N3O3. The number of nitrogens with zero attached hydrogens (tertiary/aromatic N) is 2. The van der Waals surface area contributed by atoms with Gasteiger partial charge in [-0.2, -0.15) is 0 Å². The van der Waals surface area contributed by atoms with Crippen LogP contribution in [0.15, 0.2) is 24.3 Å². The van der Waals surface area contributed by atoms with Crippen LogP contribution in [0.25, 0.3) is 11.0 Å². The average molecular weight is 329 g/mol. The number of carbonyl (C=O) groups is 2. The molecule has 6 heteroatoms. The highest BCUT2D eigenvalue weighted by atomic mass is 16.5. The molecule has 3 rings (SSSR count). The van der Waals surface area contributed by atoms with E-state index in [2.05, 4.69) is 9.97 Å². The van der Waals surface area contributed by atoms with Crippen LogP contribution in [-0.2, 0) is 20.7 Å². The highest BCUT2D eigenvalue weighted by Gasteiger charge is 2.29. The fourth-order valence-corrected chi connectivity index (χ4v) is 3.16. The van der Waals surface area contributed by atoms with Crippen molar-refractivity contribution in [2.75, 3.05) is 19.7 Å². The maximum absolute atomic E-state index is 12.4. The van der Waals surface area contributed by atoms with Gasteiger partial charge in [0.2, 0.25) is 5.91 Å². The zero-order valence-electron chi connectivity index (χ0n) is 14.0. The van der Waals surface area contributed by atoms with Crippen molar-refractivity contribution in [2.24, 2.45) is 5.92 Å². The van der Waals surface area contributed by atoms with Gasteiger partial charge in [0.15, 0.2) is 0 Å². The van der Waals surface area contributed by atoms with Crippen molar-refractivity contribution in [1.29, 1.82) is 0 Å². The number of aromatic nitrogens is 2. The Morgan fingerprint density at radius 3 is 3.00 bits per heavy atom. The van der Waals surface area contributed by atoms with E-state index in [1.54, 1.807) is 11.8 Å². The molecule has 1 fully saturated rings. The summed E-state index contributed by atoms with van der Waals surface area (Å²) in [6, 6.07) is 7.83. The van der Waals surface area contributed by atoms with Gasteiger partial charge in [0.05, 0.1) is 23.6 Å². The van der Waals surface area contributed by atoms with E-state index >= 15 is 0 Å². The van der Waals surface area contributed by atoms with Crippen molar-refractivity contribution in [1.82, 2.24) is 14.9 Å². The molecule has 0 unspecified atom stereocenters. The largest absolute Gasteiger partial charge is 0.466 e. The molecule has 1 saturated heterocycles. The number of fused-ring (bicyclic) bond motifs is 1. The molecule has 24 heavy (non-hydrogen) atoms. The summed E-state index contributed by atoms with van der Waals surface area (Å²) < 4.78 is 5.08. The molecule has 128 valence electrons. The summed E-state index contributed by atoms with van der Waals surface area (Å²) in [7, 11) is 0. The fourth-order valence-electron chi connectivity index (χ4n) is 3.16. The molecule has 1 aromatic heterocycles. The van der Waals surface area contributed by atoms with Gasteiger partial charge in [-0.25, -0.2) is 4.98 Å². The maximum atomic E-state index is 12.4. The van der Waals surface area contributed by atoms with Crippen molar-refractivity contribution in [3.63, 3.8) is 0 Å². The second kappa shape index (κ2) is 7.47. The number of ether oxygens (including phenoxy) is 1. The van der Waals surface area contributed by atoms with Crippen LogP contribution in [0.4, 0.5) is 0 Å². The number of imidazole rings is 1. The maximum Gasteiger partial charge on any atom is 0.310 e. The smallest absolute Gasteiger partial charge is 0.310 e. The van der Waals surface area contributed by atoms with Crippen molar-refractivity contribution in [2.45, 2.75) is 32.6 Å². The Kier molecular flexibility index (Phi) is 5.13. The molecule has 2 aromatic rings. The van der Waals surface area contributed by atoms with Gasteiger partial charge in [0.1, 0.15) is 5.82 Å². The monoisotopic (exact) mass is 329 g/mol. The van der Waals surface area contributed by atoms with Crippen molar-refractivity contribution >= 4 is 22.9 Å². The van der Waals surface area contributed by atoms with E-state index in [0.717, 1.165) is 36.2 Å². The van der Waals surface area contributed by atoms with Crippen LogP contribution in [0, 0.1) is 5.92 Å². The Morgan fingerprint density at radius 1 is 1.38 bits per heavy atom. The molecule has 1 amide bonds. The van der Waals surface area contributed by atoms with E-state index in [-0.39, 0.29) is 17.8 Å². The SMILES string of the molecule is CCOC(=O)[C@H]1CCCN(C(=O)CCc2nc3ccccc3[nH]2)C1. The molecule has 1 aliphatic heterocycles. The third kappa shape index (κ3) is 3.75. The van der Waals surface area contributed by atoms with Gasteiger partial charge in [0, 0.05) is 25.9 Å². The van der Waals surface area contributed by atoms with Crippen molar-refractivity contribution in [3.8, 4) is 0 Å². The van der Waals surface area contributed by atoms with Crippen LogP contribution < -0.4 is 0 Å². The van der Waals surface area contributed by atoms with Gasteiger partial charge < -0.3 is 14.6 Å². The van der Waals surface area contributed by atoms with Crippen LogP contribution in [0.2, 0.25) is 0 Å². The number of esters is 1. The number of aryl methyl sites for hydroxylation is 1. The number of hydrogen-bond donors (Lipinski definition) is 1. The molecular weight excluding hydrogens is 306 g/mol. The third-order valence-corrected chi connectivity index (χ3v) is 4.41. The number of benzene rings is 1. The average Bonchev–Trinajstić information content (AvgIpc) is 3.03. The van der Waals surface area contributed by atoms with Crippen LogP contribution in [0.5, 0.6) is 0 Å². The van der Waals surface area contributed by atoms with Crippen LogP contribution in [-0.4, -0.2) is 46.4 Å². The lowest BCUT2D eigenvalue weighted by Crippen LogP contribution is -2.42. The summed E-state index contributed by atoms with van der Waals surface area (Å²) in [6.07, 6.45) is 2.62. The first-order chi connectivity index (χ1) is 11.7. The Bertz CT molecular complexity index is 692. The van der Waals surface area contributed by atoms with Crippen molar-refractivity contribution < 1.29 is 14.3 Å². The number of H-pyrrole nitrogens is 1. The number of carbonyl (C=O) groups excluding carboxylic acids is 2. The highest BCUT2D eigenvalue weighted by Crippen LogP contribution is 2.19. The number of rotatable bonds is 5. The number of likely N-dealkylation sites (tertiary alicyclic amines) is 1. The van der Waals surface area contributed by atoms with E-state index in [0.29, 0.717) is 26.0 Å². The number of hydrogen-bond acceptors (Lipinski definition) is 4.